The summed E-state index contributed by atoms with van der Waals surface area (Å²) in [6, 6.07) is 3.20. The summed E-state index contributed by atoms with van der Waals surface area (Å²) in [4.78, 5) is 19.6. The largest absolute Gasteiger partial charge is 0.483 e. The highest BCUT2D eigenvalue weighted by Gasteiger charge is 2.20. The van der Waals surface area contributed by atoms with Crippen LogP contribution in [0.15, 0.2) is 30.9 Å². The molecular formula is C9H8N2O5. The van der Waals surface area contributed by atoms with Crippen molar-refractivity contribution in [1.29, 1.82) is 0 Å². The van der Waals surface area contributed by atoms with Crippen molar-refractivity contribution in [2.75, 3.05) is 6.61 Å². The van der Waals surface area contributed by atoms with Crippen LogP contribution in [-0.2, 0) is 0 Å². The van der Waals surface area contributed by atoms with Crippen LogP contribution < -0.4 is 4.74 Å². The van der Waals surface area contributed by atoms with Gasteiger partial charge in [0, 0.05) is 6.07 Å². The highest BCUT2D eigenvalue weighted by Crippen LogP contribution is 2.30. The predicted octanol–water partition coefficient (Wildman–Crippen LogP) is 2.07. The maximum atomic E-state index is 10.6. The molecule has 1 aromatic carbocycles. The Labute approximate surface area is 90.3 Å². The molecule has 16 heavy (non-hydrogen) atoms. The van der Waals surface area contributed by atoms with Crippen molar-refractivity contribution in [2.45, 2.75) is 0 Å². The molecule has 84 valence electrons. The molecule has 0 unspecified atom stereocenters. The van der Waals surface area contributed by atoms with Crippen LogP contribution in [0.5, 0.6) is 5.75 Å². The molecule has 0 saturated heterocycles. The zero-order valence-corrected chi connectivity index (χ0v) is 8.16. The number of benzene rings is 1. The first-order valence-corrected chi connectivity index (χ1v) is 4.22. The molecule has 1 aromatic rings. The second kappa shape index (κ2) is 4.87. The van der Waals surface area contributed by atoms with Crippen LogP contribution in [0.4, 0.5) is 11.4 Å². The van der Waals surface area contributed by atoms with Crippen molar-refractivity contribution in [3.05, 3.63) is 51.1 Å². The first kappa shape index (κ1) is 11.6. The van der Waals surface area contributed by atoms with Crippen molar-refractivity contribution in [2.24, 2.45) is 0 Å². The zero-order chi connectivity index (χ0) is 12.1. The van der Waals surface area contributed by atoms with Gasteiger partial charge < -0.3 is 4.74 Å². The third-order valence-corrected chi connectivity index (χ3v) is 1.71. The Morgan fingerprint density at radius 3 is 2.50 bits per heavy atom. The number of nitro benzene ring substituents is 2. The Hall–Kier alpha value is -2.44. The lowest BCUT2D eigenvalue weighted by Gasteiger charge is -2.03. The molecule has 0 heterocycles. The molecule has 0 aliphatic heterocycles. The first-order chi connectivity index (χ1) is 7.56. The van der Waals surface area contributed by atoms with Crippen molar-refractivity contribution in [3.63, 3.8) is 0 Å². The first-order valence-electron chi connectivity index (χ1n) is 4.22. The van der Waals surface area contributed by atoms with Gasteiger partial charge in [0.2, 0.25) is 0 Å². The van der Waals surface area contributed by atoms with Crippen LogP contribution >= 0.6 is 0 Å². The van der Waals surface area contributed by atoms with Gasteiger partial charge in [-0.15, -0.1) is 0 Å². The van der Waals surface area contributed by atoms with Gasteiger partial charge in [-0.25, -0.2) is 0 Å². The third kappa shape index (κ3) is 2.53. The lowest BCUT2D eigenvalue weighted by molar-refractivity contribution is -0.394. The molecule has 1 rings (SSSR count). The maximum Gasteiger partial charge on any atom is 0.317 e. The van der Waals surface area contributed by atoms with Crippen LogP contribution in [0.2, 0.25) is 0 Å². The zero-order valence-electron chi connectivity index (χ0n) is 8.16. The molecule has 0 aliphatic carbocycles. The van der Waals surface area contributed by atoms with Gasteiger partial charge in [0.1, 0.15) is 6.61 Å². The smallest absolute Gasteiger partial charge is 0.317 e. The fourth-order valence-electron chi connectivity index (χ4n) is 1.03. The van der Waals surface area contributed by atoms with Crippen LogP contribution in [-0.4, -0.2) is 16.5 Å². The molecule has 0 aliphatic rings. The average Bonchev–Trinajstić information content (AvgIpc) is 2.25. The molecule has 0 amide bonds. The molecule has 0 N–H and O–H groups in total. The summed E-state index contributed by atoms with van der Waals surface area (Å²) in [5.74, 6) is -0.0181. The molecule has 0 bridgehead atoms. The molecule has 7 nitrogen and oxygen atoms in total. The van der Waals surface area contributed by atoms with Crippen molar-refractivity contribution in [3.8, 4) is 5.75 Å². The van der Waals surface area contributed by atoms with Crippen LogP contribution in [0, 0.1) is 20.2 Å². The molecule has 0 fully saturated rings. The van der Waals surface area contributed by atoms with E-state index >= 15 is 0 Å². The number of rotatable bonds is 5. The normalized spacial score (nSPS) is 9.50. The summed E-state index contributed by atoms with van der Waals surface area (Å²) in [5, 5.41) is 21.1. The molecule has 0 spiro atoms. The van der Waals surface area contributed by atoms with Gasteiger partial charge in [-0.05, 0) is 6.07 Å². The van der Waals surface area contributed by atoms with Gasteiger partial charge in [0.05, 0.1) is 15.9 Å². The Kier molecular flexibility index (Phi) is 3.54. The molecule has 7 heteroatoms. The molecular weight excluding hydrogens is 216 g/mol. The number of hydrogen-bond donors (Lipinski definition) is 0. The minimum Gasteiger partial charge on any atom is -0.483 e. The van der Waals surface area contributed by atoms with E-state index in [1.807, 2.05) is 0 Å². The summed E-state index contributed by atoms with van der Waals surface area (Å²) in [6.07, 6.45) is 1.42. The summed E-state index contributed by atoms with van der Waals surface area (Å²) in [7, 11) is 0. The van der Waals surface area contributed by atoms with E-state index < -0.39 is 15.5 Å². The van der Waals surface area contributed by atoms with E-state index in [4.69, 9.17) is 4.74 Å². The number of nitrogens with zero attached hydrogens (tertiary/aromatic N) is 2. The van der Waals surface area contributed by atoms with Gasteiger partial charge in [0.25, 0.3) is 5.69 Å². The lowest BCUT2D eigenvalue weighted by atomic mass is 10.2. The molecule has 0 radical (unpaired) electrons. The van der Waals surface area contributed by atoms with Crippen LogP contribution in [0.25, 0.3) is 0 Å². The lowest BCUT2D eigenvalue weighted by Crippen LogP contribution is -1.99. The Morgan fingerprint density at radius 2 is 2.00 bits per heavy atom. The number of nitro groups is 2. The minimum absolute atomic E-state index is 0.0181. The Morgan fingerprint density at radius 1 is 1.31 bits per heavy atom. The molecule has 0 atom stereocenters. The quantitative estimate of drug-likeness (QED) is 0.433. The van der Waals surface area contributed by atoms with Gasteiger partial charge in [-0.1, -0.05) is 12.7 Å². The van der Waals surface area contributed by atoms with E-state index in [1.54, 1.807) is 0 Å². The highest BCUT2D eigenvalue weighted by molar-refractivity contribution is 5.53. The van der Waals surface area contributed by atoms with E-state index in [0.717, 1.165) is 12.1 Å². The maximum absolute atomic E-state index is 10.6. The van der Waals surface area contributed by atoms with E-state index in [0.29, 0.717) is 0 Å². The summed E-state index contributed by atoms with van der Waals surface area (Å²) in [6.45, 7) is 3.49. The minimum atomic E-state index is -0.731. The highest BCUT2D eigenvalue weighted by atomic mass is 16.6. The number of ether oxygens (including phenoxy) is 1. The standard InChI is InChI=1S/C9H8N2O5/c1-2-5-16-9-4-3-7(10(12)13)6-8(9)11(14)15/h2-4,6H,1,5H2. The number of non-ortho nitro benzene ring substituents is 1. The Balaban J connectivity index is 3.13. The topological polar surface area (TPSA) is 95.5 Å². The van der Waals surface area contributed by atoms with Crippen molar-refractivity contribution in [1.82, 2.24) is 0 Å². The van der Waals surface area contributed by atoms with Gasteiger partial charge in [0.15, 0.2) is 5.75 Å². The van der Waals surface area contributed by atoms with E-state index in [-0.39, 0.29) is 18.0 Å². The number of hydrogen-bond acceptors (Lipinski definition) is 5. The van der Waals surface area contributed by atoms with Crippen LogP contribution in [0.1, 0.15) is 0 Å². The van der Waals surface area contributed by atoms with Gasteiger partial charge in [-0.3, -0.25) is 20.2 Å². The summed E-state index contributed by atoms with van der Waals surface area (Å²) < 4.78 is 5.00. The summed E-state index contributed by atoms with van der Waals surface area (Å²) >= 11 is 0. The SMILES string of the molecule is C=CCOc1ccc([N+](=O)[O-])cc1[N+](=O)[O-]. The Bertz CT molecular complexity index is 444. The summed E-state index contributed by atoms with van der Waals surface area (Å²) in [5.41, 5.74) is -0.784. The molecule has 0 aromatic heterocycles. The van der Waals surface area contributed by atoms with Crippen molar-refractivity contribution >= 4 is 11.4 Å². The van der Waals surface area contributed by atoms with E-state index in [9.17, 15) is 20.2 Å². The fraction of sp³-hybridized carbons (Fsp3) is 0.111. The fourth-order valence-corrected chi connectivity index (χ4v) is 1.03. The predicted molar refractivity (Wildman–Crippen MR) is 55.4 cm³/mol. The third-order valence-electron chi connectivity index (χ3n) is 1.71. The second-order valence-corrected chi connectivity index (χ2v) is 2.77. The van der Waals surface area contributed by atoms with Crippen molar-refractivity contribution < 1.29 is 14.6 Å². The molecule has 0 saturated carbocycles. The van der Waals surface area contributed by atoms with Gasteiger partial charge >= 0.3 is 5.69 Å². The monoisotopic (exact) mass is 224 g/mol. The second-order valence-electron chi connectivity index (χ2n) is 2.77. The van der Waals surface area contributed by atoms with Crippen LogP contribution in [0.3, 0.4) is 0 Å². The average molecular weight is 224 g/mol. The van der Waals surface area contributed by atoms with E-state index in [2.05, 4.69) is 6.58 Å². The van der Waals surface area contributed by atoms with E-state index in [1.165, 1.54) is 12.1 Å². The van der Waals surface area contributed by atoms with Gasteiger partial charge in [-0.2, -0.15) is 0 Å².